The fourth-order valence-electron chi connectivity index (χ4n) is 2.38. The maximum atomic E-state index is 12.7. The molecule has 0 heterocycles. The molecular weight excluding hydrogens is 360 g/mol. The monoisotopic (exact) mass is 380 g/mol. The molecule has 0 spiro atoms. The van der Waals surface area contributed by atoms with Crippen LogP contribution in [0.2, 0.25) is 0 Å². The van der Waals surface area contributed by atoms with Gasteiger partial charge in [0.2, 0.25) is 0 Å². The van der Waals surface area contributed by atoms with Crippen LogP contribution in [-0.2, 0) is 19.7 Å². The molecule has 25 heavy (non-hydrogen) atoms. The fraction of sp³-hybridized carbons (Fsp3) is 0.294. The lowest BCUT2D eigenvalue weighted by Gasteiger charge is -2.13. The molecule has 2 aromatic rings. The summed E-state index contributed by atoms with van der Waals surface area (Å²) in [6.07, 6.45) is 0.898. The number of hydrogen-bond acceptors (Lipinski definition) is 4. The van der Waals surface area contributed by atoms with E-state index in [2.05, 4.69) is 0 Å². The number of rotatable bonds is 7. The van der Waals surface area contributed by atoms with Crippen molar-refractivity contribution >= 4 is 19.7 Å². The molecule has 2 aromatic carbocycles. The molecular formula is C17H20N2O4S2. The van der Waals surface area contributed by atoms with Crippen molar-refractivity contribution in [2.45, 2.75) is 40.7 Å². The summed E-state index contributed by atoms with van der Waals surface area (Å²) < 4.78 is 48.5. The highest BCUT2D eigenvalue weighted by molar-refractivity contribution is 8.08. The molecule has 0 aliphatic heterocycles. The summed E-state index contributed by atoms with van der Waals surface area (Å²) in [6.45, 7) is 4.04. The number of nitrogens with one attached hydrogen (secondary N) is 1. The second kappa shape index (κ2) is 7.45. The third kappa shape index (κ3) is 3.80. The van der Waals surface area contributed by atoms with Gasteiger partial charge in [0.25, 0.3) is 19.7 Å². The first-order chi connectivity index (χ1) is 11.7. The minimum atomic E-state index is -4.36. The highest BCUT2D eigenvalue weighted by Gasteiger charge is 2.42. The third-order valence-electron chi connectivity index (χ3n) is 4.13. The Kier molecular flexibility index (Phi) is 5.74. The molecule has 0 aromatic heterocycles. The van der Waals surface area contributed by atoms with Gasteiger partial charge in [-0.25, -0.2) is 16.8 Å². The summed E-state index contributed by atoms with van der Waals surface area (Å²) in [6, 6.07) is 13.2. The van der Waals surface area contributed by atoms with Crippen LogP contribution in [0.4, 0.5) is 0 Å². The molecule has 0 amide bonds. The molecule has 8 heteroatoms. The van der Waals surface area contributed by atoms with E-state index in [0.717, 1.165) is 12.0 Å². The Balaban J connectivity index is 2.48. The van der Waals surface area contributed by atoms with E-state index in [4.69, 9.17) is 0 Å². The fourth-order valence-corrected chi connectivity index (χ4v) is 6.21. The SMILES string of the molecule is CCC(C)c1ccc(S(=O)(=O)C([NH+]=[N-])S(=O)(=O)c2ccccc2)cc1. The van der Waals surface area contributed by atoms with Crippen LogP contribution in [0.3, 0.4) is 0 Å². The summed E-state index contributed by atoms with van der Waals surface area (Å²) in [4.78, 5) is -0.369. The smallest absolute Gasteiger partial charge is 0.349 e. The summed E-state index contributed by atoms with van der Waals surface area (Å²) >= 11 is 0. The van der Waals surface area contributed by atoms with Gasteiger partial charge in [0.05, 0.1) is 9.79 Å². The Morgan fingerprint density at radius 2 is 1.36 bits per heavy atom. The molecule has 0 radical (unpaired) electrons. The van der Waals surface area contributed by atoms with E-state index in [1.54, 1.807) is 18.2 Å². The van der Waals surface area contributed by atoms with Crippen molar-refractivity contribution in [1.29, 1.82) is 0 Å². The average Bonchev–Trinajstić information content (AvgIpc) is 2.62. The van der Waals surface area contributed by atoms with Crippen LogP contribution >= 0.6 is 0 Å². The molecule has 0 fully saturated rings. The summed E-state index contributed by atoms with van der Waals surface area (Å²) in [7, 11) is -8.69. The number of benzene rings is 2. The normalized spacial score (nSPS) is 14.6. The number of sulfone groups is 2. The minimum Gasteiger partial charge on any atom is -0.506 e. The standard InChI is InChI=1S/C17H20N2O4S2/c1-3-13(2)14-9-11-16(12-10-14)25(22,23)17(19-18)24(20,21)15-7-5-4-6-8-15/h4-13,17,19H,3H2,1-2H3. The number of hydrogen-bond donors (Lipinski definition) is 1. The molecule has 0 saturated heterocycles. The van der Waals surface area contributed by atoms with E-state index in [1.807, 2.05) is 13.8 Å². The first-order valence-electron chi connectivity index (χ1n) is 7.77. The molecule has 6 nitrogen and oxygen atoms in total. The minimum absolute atomic E-state index is 0.175. The molecule has 0 bridgehead atoms. The van der Waals surface area contributed by atoms with Gasteiger partial charge in [0.1, 0.15) is 0 Å². The van der Waals surface area contributed by atoms with Crippen LogP contribution in [0.25, 0.3) is 5.53 Å². The molecule has 0 aliphatic carbocycles. The van der Waals surface area contributed by atoms with Crippen LogP contribution in [0, 0.1) is 0 Å². The number of nitrogens with zero attached hydrogens (tertiary/aromatic N) is 1. The first kappa shape index (κ1) is 19.3. The Bertz CT molecular complexity index is 938. The van der Waals surface area contributed by atoms with Crippen LogP contribution in [-0.4, -0.2) is 21.5 Å². The lowest BCUT2D eigenvalue weighted by Crippen LogP contribution is -2.77. The third-order valence-corrected chi connectivity index (χ3v) is 8.85. The lowest BCUT2D eigenvalue weighted by atomic mass is 9.99. The second-order valence-corrected chi connectivity index (χ2v) is 10.1. The van der Waals surface area contributed by atoms with Gasteiger partial charge in [0, 0.05) is 0 Å². The van der Waals surface area contributed by atoms with E-state index >= 15 is 0 Å². The second-order valence-electron chi connectivity index (χ2n) is 5.74. The van der Waals surface area contributed by atoms with E-state index < -0.39 is 24.4 Å². The maximum absolute atomic E-state index is 12.7. The Labute approximate surface area is 148 Å². The Hall–Kier alpha value is -2.06. The van der Waals surface area contributed by atoms with Crippen molar-refractivity contribution in [1.82, 2.24) is 0 Å². The van der Waals surface area contributed by atoms with Gasteiger partial charge in [-0.1, -0.05) is 44.2 Å². The summed E-state index contributed by atoms with van der Waals surface area (Å²) in [5, 5.41) is 1.45. The Morgan fingerprint density at radius 3 is 1.80 bits per heavy atom. The van der Waals surface area contributed by atoms with Gasteiger partial charge in [0.15, 0.2) is 0 Å². The van der Waals surface area contributed by atoms with Crippen molar-refractivity contribution in [3.05, 3.63) is 65.7 Å². The average molecular weight is 380 g/mol. The Morgan fingerprint density at radius 1 is 0.880 bits per heavy atom. The van der Waals surface area contributed by atoms with Crippen LogP contribution in [0.5, 0.6) is 0 Å². The maximum Gasteiger partial charge on any atom is 0.349 e. The molecule has 1 N–H and O–H groups in total. The van der Waals surface area contributed by atoms with Gasteiger partial charge >= 0.3 is 4.71 Å². The van der Waals surface area contributed by atoms with E-state index in [-0.39, 0.29) is 15.7 Å². The van der Waals surface area contributed by atoms with Crippen molar-refractivity contribution < 1.29 is 21.9 Å². The highest BCUT2D eigenvalue weighted by atomic mass is 32.3. The van der Waals surface area contributed by atoms with Crippen molar-refractivity contribution in [3.63, 3.8) is 0 Å². The molecule has 134 valence electrons. The largest absolute Gasteiger partial charge is 0.506 e. The van der Waals surface area contributed by atoms with Crippen LogP contribution in [0.1, 0.15) is 31.7 Å². The van der Waals surface area contributed by atoms with E-state index in [0.29, 0.717) is 0 Å². The topological polar surface area (TPSA) is 105 Å². The van der Waals surface area contributed by atoms with Gasteiger partial charge < -0.3 is 10.6 Å². The van der Waals surface area contributed by atoms with Crippen molar-refractivity contribution in [2.75, 3.05) is 0 Å². The molecule has 0 saturated carbocycles. The summed E-state index contributed by atoms with van der Waals surface area (Å²) in [5.41, 5.74) is 10.3. The summed E-state index contributed by atoms with van der Waals surface area (Å²) in [5.74, 6) is 0.261. The zero-order valence-corrected chi connectivity index (χ0v) is 15.6. The zero-order valence-electron chi connectivity index (χ0n) is 14.0. The highest BCUT2D eigenvalue weighted by Crippen LogP contribution is 2.24. The van der Waals surface area contributed by atoms with Gasteiger partial charge in [-0.05, 0) is 42.2 Å². The van der Waals surface area contributed by atoms with E-state index in [9.17, 15) is 22.4 Å². The first-order valence-corrected chi connectivity index (χ1v) is 10.9. The quantitative estimate of drug-likeness (QED) is 0.740. The molecule has 0 aliphatic rings. The van der Waals surface area contributed by atoms with E-state index in [1.165, 1.54) is 41.5 Å². The van der Waals surface area contributed by atoms with Gasteiger partial charge in [-0.15, -0.1) is 0 Å². The molecule has 2 atom stereocenters. The van der Waals surface area contributed by atoms with Crippen LogP contribution in [0.15, 0.2) is 64.4 Å². The van der Waals surface area contributed by atoms with Crippen molar-refractivity contribution in [3.8, 4) is 0 Å². The lowest BCUT2D eigenvalue weighted by molar-refractivity contribution is -0.474. The molecule has 2 rings (SSSR count). The van der Waals surface area contributed by atoms with Gasteiger partial charge in [-0.2, -0.15) is 0 Å². The zero-order chi connectivity index (χ0) is 18.7. The predicted molar refractivity (Wildman–Crippen MR) is 94.1 cm³/mol. The predicted octanol–water partition coefficient (Wildman–Crippen LogP) is 1.83. The van der Waals surface area contributed by atoms with Gasteiger partial charge in [-0.3, -0.25) is 0 Å². The molecule has 2 unspecified atom stereocenters. The van der Waals surface area contributed by atoms with Crippen LogP contribution < -0.4 is 5.11 Å². The van der Waals surface area contributed by atoms with Crippen molar-refractivity contribution in [2.24, 2.45) is 0 Å².